The van der Waals surface area contributed by atoms with Crippen LogP contribution < -0.4 is 31.7 Å². The molecule has 0 radical (unpaired) electrons. The Morgan fingerprint density at radius 1 is 0.620 bits per heavy atom. The first-order chi connectivity index (χ1) is 36.4. The molecule has 2 saturated carbocycles. The Bertz CT molecular complexity index is 2840. The number of benzene rings is 4. The fraction of sp³-hybridized carbons (Fsp3) is 0.552. The molecule has 0 aromatic heterocycles. The number of hydrogen-bond acceptors (Lipinski definition) is 11. The summed E-state index contributed by atoms with van der Waals surface area (Å²) in [6, 6.07) is 21.7. The lowest BCUT2D eigenvalue weighted by molar-refractivity contribution is -0.121. The average molecular weight is 1170 g/mol. The highest BCUT2D eigenvalue weighted by molar-refractivity contribution is 8.13. The van der Waals surface area contributed by atoms with E-state index < -0.39 is 72.2 Å². The topological polar surface area (TPSA) is 229 Å². The van der Waals surface area contributed by atoms with Crippen LogP contribution in [0.3, 0.4) is 0 Å². The van der Waals surface area contributed by atoms with Gasteiger partial charge in [0.25, 0.3) is 0 Å². The smallest absolute Gasteiger partial charge is 0.229 e. The van der Waals surface area contributed by atoms with E-state index in [1.54, 1.807) is 0 Å². The van der Waals surface area contributed by atoms with Crippen molar-refractivity contribution in [2.45, 2.75) is 178 Å². The number of rotatable bonds is 18. The molecule has 79 heavy (non-hydrogen) atoms. The third-order valence-corrected chi connectivity index (χ3v) is 15.2. The Hall–Kier alpha value is -4.51. The lowest BCUT2D eigenvalue weighted by Crippen LogP contribution is -2.54. The van der Waals surface area contributed by atoms with Crippen molar-refractivity contribution in [3.8, 4) is 0 Å². The minimum absolute atomic E-state index is 0.00147. The number of aliphatic hydroxyl groups is 2. The van der Waals surface area contributed by atoms with Crippen LogP contribution in [0.15, 0.2) is 84.9 Å². The van der Waals surface area contributed by atoms with Crippen molar-refractivity contribution in [3.63, 3.8) is 0 Å². The Labute approximate surface area is 470 Å². The number of amides is 2. The van der Waals surface area contributed by atoms with Gasteiger partial charge >= 0.3 is 0 Å². The van der Waals surface area contributed by atoms with Gasteiger partial charge in [0.15, 0.2) is 0 Å². The molecule has 4 aromatic rings. The van der Waals surface area contributed by atoms with E-state index in [0.717, 1.165) is 67.0 Å². The van der Waals surface area contributed by atoms with Gasteiger partial charge in [0.1, 0.15) is 23.3 Å². The molecule has 0 unspecified atom stereocenters. The van der Waals surface area contributed by atoms with Gasteiger partial charge in [-0.15, -0.1) is 0 Å². The summed E-state index contributed by atoms with van der Waals surface area (Å²) in [5, 5.41) is 34.9. The van der Waals surface area contributed by atoms with E-state index in [1.807, 2.05) is 12.1 Å². The molecule has 0 aliphatic heterocycles. The van der Waals surface area contributed by atoms with Crippen molar-refractivity contribution in [1.29, 1.82) is 0 Å². The summed E-state index contributed by atoms with van der Waals surface area (Å²) in [5.41, 5.74) is 10.5. The summed E-state index contributed by atoms with van der Waals surface area (Å²) in [5.74, 6) is -3.51. The van der Waals surface area contributed by atoms with Crippen LogP contribution in [0.4, 0.5) is 17.6 Å². The molecule has 4 atom stereocenters. The van der Waals surface area contributed by atoms with Crippen molar-refractivity contribution >= 4 is 41.6 Å². The Kier molecular flexibility index (Phi) is 24.1. The zero-order valence-electron chi connectivity index (χ0n) is 47.2. The zero-order valence-corrected chi connectivity index (χ0v) is 49.5. The summed E-state index contributed by atoms with van der Waals surface area (Å²) < 4.78 is 100. The molecule has 21 heteroatoms. The van der Waals surface area contributed by atoms with Gasteiger partial charge in [-0.2, -0.15) is 0 Å². The highest BCUT2D eigenvalue weighted by atomic mass is 35.7. The van der Waals surface area contributed by atoms with Gasteiger partial charge in [-0.25, -0.2) is 39.1 Å². The minimum Gasteiger partial charge on any atom is -0.390 e. The van der Waals surface area contributed by atoms with E-state index in [0.29, 0.717) is 36.8 Å². The van der Waals surface area contributed by atoms with Gasteiger partial charge in [-0.3, -0.25) is 9.59 Å². The van der Waals surface area contributed by atoms with Crippen LogP contribution in [0.2, 0.25) is 0 Å². The van der Waals surface area contributed by atoms with Gasteiger partial charge < -0.3 is 37.2 Å². The lowest BCUT2D eigenvalue weighted by atomic mass is 9.73. The van der Waals surface area contributed by atoms with Gasteiger partial charge in [0.2, 0.25) is 30.9 Å². The molecule has 2 amide bonds. The third kappa shape index (κ3) is 22.7. The average Bonchev–Trinajstić information content (AvgIpc) is 3.31. The number of carbonyl (C=O) groups excluding carboxylic acids is 2. The summed E-state index contributed by atoms with van der Waals surface area (Å²) in [6.07, 6.45) is 6.04. The van der Waals surface area contributed by atoms with Crippen molar-refractivity contribution in [3.05, 3.63) is 142 Å². The number of nitrogens with two attached hydrogens (primary N) is 1. The van der Waals surface area contributed by atoms with E-state index in [4.69, 9.17) is 5.73 Å². The fourth-order valence-electron chi connectivity index (χ4n) is 10.3. The molecule has 4 aromatic carbocycles. The first kappa shape index (κ1) is 67.0. The summed E-state index contributed by atoms with van der Waals surface area (Å²) in [6.45, 7) is 15.9. The number of halogens is 5. The zero-order chi connectivity index (χ0) is 59.3. The molecule has 0 bridgehead atoms. The van der Waals surface area contributed by atoms with Crippen LogP contribution in [0.1, 0.15) is 140 Å². The quantitative estimate of drug-likeness (QED) is 0.0353. The molecule has 14 nitrogen and oxygen atoms in total. The number of aliphatic hydroxyl groups excluding tert-OH is 2. The van der Waals surface area contributed by atoms with Crippen LogP contribution in [-0.2, 0) is 63.4 Å². The minimum atomic E-state index is -3.34. The summed E-state index contributed by atoms with van der Waals surface area (Å²) >= 11 is 0. The highest BCUT2D eigenvalue weighted by Gasteiger charge is 2.40. The van der Waals surface area contributed by atoms with Gasteiger partial charge in [0.05, 0.1) is 36.8 Å². The molecular formula is C58H83ClF4N6O8S2. The van der Waals surface area contributed by atoms with E-state index in [9.17, 15) is 54.2 Å². The first-order valence-corrected chi connectivity index (χ1v) is 31.2. The van der Waals surface area contributed by atoms with Crippen molar-refractivity contribution in [2.75, 3.05) is 25.6 Å². The van der Waals surface area contributed by atoms with Crippen molar-refractivity contribution < 1.29 is 54.2 Å². The molecule has 0 saturated heterocycles. The molecule has 2 aliphatic carbocycles. The number of sulfonamides is 1. The van der Waals surface area contributed by atoms with E-state index in [1.165, 1.54) is 43.7 Å². The second-order valence-electron chi connectivity index (χ2n) is 23.5. The van der Waals surface area contributed by atoms with Gasteiger partial charge in [-0.1, -0.05) is 90.1 Å². The molecular weight excluding hydrogens is 1080 g/mol. The van der Waals surface area contributed by atoms with Crippen LogP contribution in [0.5, 0.6) is 0 Å². The maximum absolute atomic E-state index is 13.8. The third-order valence-electron chi connectivity index (χ3n) is 14.4. The predicted octanol–water partition coefficient (Wildman–Crippen LogP) is 7.89. The monoisotopic (exact) mass is 1170 g/mol. The Morgan fingerprint density at radius 3 is 1.25 bits per heavy atom. The van der Waals surface area contributed by atoms with Crippen LogP contribution in [0.25, 0.3) is 0 Å². The van der Waals surface area contributed by atoms with Crippen molar-refractivity contribution in [1.82, 2.24) is 26.0 Å². The standard InChI is InChI=1S/C29H41F2N3O4S.C28H39F2N3O2.CH3ClO2S/c1-19(35)33-26(15-20-13-23(30)17-24(31)14-20)27(36)18-32-29(11-9-25(10-12-29)34-39(5,37)38)22-8-6-7-21(16-22)28(2,3)4;1-18(34)33-25(14-19-12-22(29)16-23(30)13-19)26(35)17-32-28(10-8-24(31)9-11-28)21-7-5-6-20(15-21)27(2,3)4;1-5(2,3)4/h6-8,13-14,16-17,25-27,32,34,36H,9-12,15,18H2,1-5H3,(H,33,35);5-7,12-13,15-16,24-26,32,35H,8-11,14,17,31H2,1-4H3,(H,33,34);1H3/t25?,26-,27+,29?;24?,25-,26+,28?;/m00./s1. The molecule has 9 N–H and O–H groups in total. The Balaban J connectivity index is 0.000000315. The molecule has 440 valence electrons. The second kappa shape index (κ2) is 28.5. The first-order valence-electron chi connectivity index (χ1n) is 26.6. The van der Waals surface area contributed by atoms with E-state index in [2.05, 4.69) is 115 Å². The number of nitrogens with one attached hydrogen (secondary N) is 5. The summed E-state index contributed by atoms with van der Waals surface area (Å²) in [4.78, 5) is 23.7. The van der Waals surface area contributed by atoms with Crippen molar-refractivity contribution in [2.24, 2.45) is 5.73 Å². The largest absolute Gasteiger partial charge is 0.390 e. The normalized spacial score (nSPS) is 21.4. The molecule has 6 rings (SSSR count). The summed E-state index contributed by atoms with van der Waals surface area (Å²) in [7, 11) is -2.03. The maximum Gasteiger partial charge on any atom is 0.229 e. The van der Waals surface area contributed by atoms with E-state index in [-0.39, 0.29) is 66.2 Å². The van der Waals surface area contributed by atoms with Crippen LogP contribution in [0, 0.1) is 23.3 Å². The Morgan fingerprint density at radius 2 is 0.949 bits per heavy atom. The maximum atomic E-state index is 13.8. The number of carbonyl (C=O) groups is 2. The highest BCUT2D eigenvalue weighted by Crippen LogP contribution is 2.40. The van der Waals surface area contributed by atoms with Crippen LogP contribution in [-0.4, -0.2) is 101 Å². The molecule has 0 spiro atoms. The van der Waals surface area contributed by atoms with Gasteiger partial charge in [0, 0.05) is 72.9 Å². The molecule has 0 heterocycles. The van der Waals surface area contributed by atoms with E-state index >= 15 is 0 Å². The predicted molar refractivity (Wildman–Crippen MR) is 304 cm³/mol. The molecule has 2 aliphatic rings. The second-order valence-corrected chi connectivity index (χ2v) is 28.3. The van der Waals surface area contributed by atoms with Crippen LogP contribution >= 0.6 is 10.7 Å². The lowest BCUT2D eigenvalue weighted by Gasteiger charge is -2.43. The number of hydrogen-bond donors (Lipinski definition) is 8. The fourth-order valence-corrected chi connectivity index (χ4v) is 11.1. The van der Waals surface area contributed by atoms with Gasteiger partial charge in [-0.05, 0) is 133 Å². The SMILES string of the molecule is CC(=O)N[C@@H](Cc1cc(F)cc(F)c1)[C@H](O)CNC1(c2cccc(C(C)(C)C)c2)CCC(N)CC1.CC(=O)N[C@@H](Cc1cc(F)cc(F)c1)[C@H](O)CNC1(c2cccc(C(C)(C)C)c2)CCC(NS(C)(=O)=O)CC1.CS(=O)(=O)Cl. The molecule has 2 fully saturated rings.